The molecular formula is C27H46O2. The maximum Gasteiger partial charge on any atom is 0.0627 e. The van der Waals surface area contributed by atoms with Crippen molar-refractivity contribution in [1.29, 1.82) is 0 Å². The molecule has 0 spiro atoms. The van der Waals surface area contributed by atoms with E-state index in [0.717, 1.165) is 36.5 Å². The van der Waals surface area contributed by atoms with Gasteiger partial charge >= 0.3 is 0 Å². The van der Waals surface area contributed by atoms with E-state index < -0.39 is 12.2 Å². The minimum absolute atomic E-state index is 0.00875. The molecule has 0 aromatic rings. The zero-order chi connectivity index (χ0) is 21.2. The van der Waals surface area contributed by atoms with Gasteiger partial charge < -0.3 is 10.2 Å². The van der Waals surface area contributed by atoms with Crippen LogP contribution >= 0.6 is 0 Å². The zero-order valence-corrected chi connectivity index (χ0v) is 19.7. The lowest BCUT2D eigenvalue weighted by molar-refractivity contribution is 0.00407. The van der Waals surface area contributed by atoms with Crippen molar-refractivity contribution in [2.45, 2.75) is 111 Å². The van der Waals surface area contributed by atoms with E-state index in [1.54, 1.807) is 5.57 Å². The molecule has 6 atom stereocenters. The van der Waals surface area contributed by atoms with Crippen molar-refractivity contribution in [1.82, 2.24) is 0 Å². The zero-order valence-electron chi connectivity index (χ0n) is 19.7. The highest BCUT2D eigenvalue weighted by molar-refractivity contribution is 5.26. The van der Waals surface area contributed by atoms with Crippen LogP contribution in [0.15, 0.2) is 23.3 Å². The third-order valence-corrected chi connectivity index (χ3v) is 8.86. The molecule has 3 aliphatic carbocycles. The van der Waals surface area contributed by atoms with E-state index in [0.29, 0.717) is 5.41 Å². The number of allylic oxidation sites excluding steroid dienone is 3. The highest BCUT2D eigenvalue weighted by Crippen LogP contribution is 2.59. The maximum atomic E-state index is 10.2. The van der Waals surface area contributed by atoms with Gasteiger partial charge in [-0.05, 0) is 74.0 Å². The molecule has 2 heteroatoms. The van der Waals surface area contributed by atoms with Crippen molar-refractivity contribution in [3.8, 4) is 0 Å². The fraction of sp³-hybridized carbons (Fsp3) is 0.852. The molecule has 166 valence electrons. The number of hydrogen-bond acceptors (Lipinski definition) is 2. The Labute approximate surface area is 179 Å². The fourth-order valence-corrected chi connectivity index (χ4v) is 6.87. The molecule has 0 radical (unpaired) electrons. The second-order valence-corrected chi connectivity index (χ2v) is 11.4. The van der Waals surface area contributed by atoms with Gasteiger partial charge in [0.05, 0.1) is 12.2 Å². The third kappa shape index (κ3) is 5.18. The summed E-state index contributed by atoms with van der Waals surface area (Å²) in [6.07, 6.45) is 16.1. The maximum absolute atomic E-state index is 10.2. The van der Waals surface area contributed by atoms with Crippen LogP contribution in [0.25, 0.3) is 0 Å². The average Bonchev–Trinajstić information content (AvgIpc) is 3.01. The lowest BCUT2D eigenvalue weighted by Gasteiger charge is -2.44. The first-order chi connectivity index (χ1) is 13.7. The molecule has 0 aromatic carbocycles. The molecule has 0 amide bonds. The molecule has 0 bridgehead atoms. The van der Waals surface area contributed by atoms with Crippen molar-refractivity contribution in [2.24, 2.45) is 35.0 Å². The summed E-state index contributed by atoms with van der Waals surface area (Å²) in [5, 5.41) is 20.5. The Morgan fingerprint density at radius 1 is 1.03 bits per heavy atom. The lowest BCUT2D eigenvalue weighted by atomic mass is 9.60. The van der Waals surface area contributed by atoms with E-state index in [2.05, 4.69) is 39.8 Å². The minimum atomic E-state index is -0.400. The summed E-state index contributed by atoms with van der Waals surface area (Å²) < 4.78 is 0. The fourth-order valence-electron chi connectivity index (χ4n) is 6.87. The first-order valence-corrected chi connectivity index (χ1v) is 12.5. The highest BCUT2D eigenvalue weighted by atomic mass is 16.3. The lowest BCUT2D eigenvalue weighted by Crippen LogP contribution is -2.36. The molecule has 2 N–H and O–H groups in total. The van der Waals surface area contributed by atoms with E-state index in [1.807, 2.05) is 6.92 Å². The molecule has 0 aromatic heterocycles. The third-order valence-electron chi connectivity index (χ3n) is 8.86. The van der Waals surface area contributed by atoms with Gasteiger partial charge in [0.15, 0.2) is 0 Å². The van der Waals surface area contributed by atoms with Crippen LogP contribution in [-0.4, -0.2) is 22.4 Å². The van der Waals surface area contributed by atoms with Crippen LogP contribution in [-0.2, 0) is 0 Å². The van der Waals surface area contributed by atoms with Crippen molar-refractivity contribution < 1.29 is 10.2 Å². The Balaban J connectivity index is 1.68. The predicted octanol–water partition coefficient (Wildman–Crippen LogP) is 6.67. The molecule has 3 fully saturated rings. The van der Waals surface area contributed by atoms with Gasteiger partial charge in [-0.15, -0.1) is 0 Å². The largest absolute Gasteiger partial charge is 0.392 e. The molecule has 0 saturated heterocycles. The smallest absolute Gasteiger partial charge is 0.0627 e. The van der Waals surface area contributed by atoms with Crippen molar-refractivity contribution in [2.75, 3.05) is 0 Å². The van der Waals surface area contributed by atoms with Crippen LogP contribution in [0.4, 0.5) is 0 Å². The summed E-state index contributed by atoms with van der Waals surface area (Å²) in [7, 11) is 0. The molecule has 29 heavy (non-hydrogen) atoms. The van der Waals surface area contributed by atoms with E-state index >= 15 is 0 Å². The Morgan fingerprint density at radius 2 is 1.72 bits per heavy atom. The molecule has 2 nitrogen and oxygen atoms in total. The Kier molecular flexibility index (Phi) is 7.71. The first kappa shape index (κ1) is 23.1. The SMILES string of the molecule is CC(C)CCC[C@H](C)C1CCC2/C(=C/C=C3C[C@@H](O)C(C)[C@H](O)C3)CCC[C@@]21C. The first-order valence-electron chi connectivity index (χ1n) is 12.5. The minimum Gasteiger partial charge on any atom is -0.392 e. The van der Waals surface area contributed by atoms with Crippen molar-refractivity contribution >= 4 is 0 Å². The van der Waals surface area contributed by atoms with Gasteiger partial charge in [-0.1, -0.05) is 77.2 Å². The summed E-state index contributed by atoms with van der Waals surface area (Å²) in [6.45, 7) is 11.7. The van der Waals surface area contributed by atoms with E-state index in [4.69, 9.17) is 0 Å². The van der Waals surface area contributed by atoms with Gasteiger partial charge in [-0.3, -0.25) is 0 Å². The predicted molar refractivity (Wildman–Crippen MR) is 123 cm³/mol. The standard InChI is InChI=1S/C27H46O2/c1-18(2)8-6-9-19(3)23-13-14-24-22(10-7-15-27(23,24)5)12-11-21-16-25(28)20(4)26(29)17-21/h11-12,18-20,23-26,28-29H,6-10,13-17H2,1-5H3/b21-11?,22-12+/t19-,20?,23?,24?,25+,26+,27+/m0/s1. The molecule has 2 unspecified atom stereocenters. The van der Waals surface area contributed by atoms with Crippen LogP contribution in [0.1, 0.15) is 98.8 Å². The summed E-state index contributed by atoms with van der Waals surface area (Å²) in [6, 6.07) is 0. The van der Waals surface area contributed by atoms with Gasteiger partial charge in [0.25, 0.3) is 0 Å². The summed E-state index contributed by atoms with van der Waals surface area (Å²) in [5.41, 5.74) is 3.34. The van der Waals surface area contributed by atoms with Crippen molar-refractivity contribution in [3.63, 3.8) is 0 Å². The molecule has 3 saturated carbocycles. The van der Waals surface area contributed by atoms with E-state index in [1.165, 1.54) is 56.9 Å². The molecule has 0 aliphatic heterocycles. The van der Waals surface area contributed by atoms with Gasteiger partial charge in [0.2, 0.25) is 0 Å². The van der Waals surface area contributed by atoms with E-state index in [-0.39, 0.29) is 5.92 Å². The van der Waals surface area contributed by atoms with Gasteiger partial charge in [0.1, 0.15) is 0 Å². The number of aliphatic hydroxyl groups excluding tert-OH is 2. The van der Waals surface area contributed by atoms with Gasteiger partial charge in [-0.2, -0.15) is 0 Å². The number of aliphatic hydroxyl groups is 2. The quantitative estimate of drug-likeness (QED) is 0.521. The number of hydrogen-bond donors (Lipinski definition) is 2. The Hall–Kier alpha value is -0.600. The topological polar surface area (TPSA) is 40.5 Å². The monoisotopic (exact) mass is 402 g/mol. The molecule has 3 aliphatic rings. The van der Waals surface area contributed by atoms with Crippen molar-refractivity contribution in [3.05, 3.63) is 23.3 Å². The molecule has 3 rings (SSSR count). The molecular weight excluding hydrogens is 356 g/mol. The molecule has 0 heterocycles. The van der Waals surface area contributed by atoms with Crippen LogP contribution in [0.5, 0.6) is 0 Å². The van der Waals surface area contributed by atoms with Crippen LogP contribution in [0.3, 0.4) is 0 Å². The van der Waals surface area contributed by atoms with Crippen LogP contribution in [0, 0.1) is 35.0 Å². The second kappa shape index (κ2) is 9.69. The number of rotatable bonds is 6. The average molecular weight is 403 g/mol. The van der Waals surface area contributed by atoms with Crippen LogP contribution in [0.2, 0.25) is 0 Å². The normalized spacial score (nSPS) is 40.3. The summed E-state index contributed by atoms with van der Waals surface area (Å²) in [5.74, 6) is 3.27. The Bertz CT molecular complexity index is 590. The van der Waals surface area contributed by atoms with E-state index in [9.17, 15) is 10.2 Å². The van der Waals surface area contributed by atoms with Crippen LogP contribution < -0.4 is 0 Å². The highest BCUT2D eigenvalue weighted by Gasteiger charge is 2.50. The summed E-state index contributed by atoms with van der Waals surface area (Å²) >= 11 is 0. The summed E-state index contributed by atoms with van der Waals surface area (Å²) in [4.78, 5) is 0. The van der Waals surface area contributed by atoms with Gasteiger partial charge in [-0.25, -0.2) is 0 Å². The Morgan fingerprint density at radius 3 is 2.38 bits per heavy atom. The van der Waals surface area contributed by atoms with Gasteiger partial charge in [0, 0.05) is 5.92 Å². The second-order valence-electron chi connectivity index (χ2n) is 11.4. The number of fused-ring (bicyclic) bond motifs is 1.